The molecule has 1 saturated heterocycles. The van der Waals surface area contributed by atoms with Gasteiger partial charge in [0.2, 0.25) is 10.0 Å². The summed E-state index contributed by atoms with van der Waals surface area (Å²) < 4.78 is 28.2. The van der Waals surface area contributed by atoms with Crippen LogP contribution in [0.3, 0.4) is 0 Å². The fourth-order valence-electron chi connectivity index (χ4n) is 3.88. The number of carbonyl (C=O) groups is 1. The molecular formula is C19H30N4O3S. The number of benzene rings is 1. The Labute approximate surface area is 162 Å². The molecule has 2 heterocycles. The molecule has 1 aromatic rings. The van der Waals surface area contributed by atoms with Crippen molar-refractivity contribution in [2.75, 3.05) is 39.8 Å². The highest BCUT2D eigenvalue weighted by molar-refractivity contribution is 7.89. The van der Waals surface area contributed by atoms with Crippen molar-refractivity contribution in [2.45, 2.75) is 37.6 Å². The average molecular weight is 395 g/mol. The topological polar surface area (TPSA) is 81.8 Å². The third-order valence-electron chi connectivity index (χ3n) is 5.40. The van der Waals surface area contributed by atoms with E-state index in [-0.39, 0.29) is 6.03 Å². The molecule has 2 aliphatic rings. The fourth-order valence-corrected chi connectivity index (χ4v) is 5.05. The molecule has 0 spiro atoms. The number of nitrogens with one attached hydrogen (secondary N) is 2. The van der Waals surface area contributed by atoms with Crippen molar-refractivity contribution < 1.29 is 13.2 Å². The maximum absolute atomic E-state index is 12.7. The van der Waals surface area contributed by atoms with Gasteiger partial charge >= 0.3 is 6.03 Å². The number of amides is 2. The summed E-state index contributed by atoms with van der Waals surface area (Å²) in [6.07, 6.45) is 2.85. The van der Waals surface area contributed by atoms with Crippen LogP contribution in [-0.4, -0.2) is 64.0 Å². The Morgan fingerprint density at radius 1 is 1.26 bits per heavy atom. The van der Waals surface area contributed by atoms with Crippen LogP contribution in [0, 0.1) is 5.92 Å². The minimum atomic E-state index is -3.51. The Kier molecular flexibility index (Phi) is 6.39. The van der Waals surface area contributed by atoms with E-state index >= 15 is 0 Å². The first-order chi connectivity index (χ1) is 12.9. The molecule has 0 aliphatic carbocycles. The highest BCUT2D eigenvalue weighted by atomic mass is 32.2. The molecule has 2 amide bonds. The Morgan fingerprint density at radius 2 is 2.07 bits per heavy atom. The Hall–Kier alpha value is -1.64. The number of likely N-dealkylation sites (tertiary alicyclic amines) is 1. The van der Waals surface area contributed by atoms with Crippen LogP contribution in [0.4, 0.5) is 4.79 Å². The van der Waals surface area contributed by atoms with Crippen molar-refractivity contribution in [3.05, 3.63) is 29.3 Å². The first kappa shape index (κ1) is 20.1. The fraction of sp³-hybridized carbons (Fsp3) is 0.632. The van der Waals surface area contributed by atoms with E-state index in [1.807, 2.05) is 13.0 Å². The molecular weight excluding hydrogens is 364 g/mol. The van der Waals surface area contributed by atoms with E-state index in [9.17, 15) is 13.2 Å². The highest BCUT2D eigenvalue weighted by Gasteiger charge is 2.24. The summed E-state index contributed by atoms with van der Waals surface area (Å²) in [4.78, 5) is 16.3. The predicted molar refractivity (Wildman–Crippen MR) is 105 cm³/mol. The van der Waals surface area contributed by atoms with Gasteiger partial charge in [-0.2, -0.15) is 0 Å². The smallest absolute Gasteiger partial charge is 0.317 e. The van der Waals surface area contributed by atoms with Crippen molar-refractivity contribution in [1.29, 1.82) is 0 Å². The van der Waals surface area contributed by atoms with Crippen LogP contribution in [0.2, 0.25) is 0 Å². The van der Waals surface area contributed by atoms with Gasteiger partial charge in [-0.05, 0) is 69.0 Å². The number of sulfonamides is 1. The summed E-state index contributed by atoms with van der Waals surface area (Å²) in [6.45, 7) is 6.11. The standard InChI is InChI=1S/C19H30N4O3S/c1-3-20-19(24)23-10-8-16-11-18(7-6-17(16)14-23)27(25,26)21-12-15-5-4-9-22(2)13-15/h6-7,11,15,21H,3-5,8-10,12-14H2,1-2H3,(H,20,24)/t15-/m0/s1. The second kappa shape index (κ2) is 8.58. The molecule has 1 aromatic carbocycles. The van der Waals surface area contributed by atoms with Gasteiger partial charge in [-0.3, -0.25) is 0 Å². The average Bonchev–Trinajstić information content (AvgIpc) is 2.66. The zero-order valence-corrected chi connectivity index (χ0v) is 17.0. The predicted octanol–water partition coefficient (Wildman–Crippen LogP) is 1.39. The van der Waals surface area contributed by atoms with Crippen LogP contribution in [0.5, 0.6) is 0 Å². The number of hydrogen-bond acceptors (Lipinski definition) is 4. The quantitative estimate of drug-likeness (QED) is 0.791. The van der Waals surface area contributed by atoms with Gasteiger partial charge in [0.1, 0.15) is 0 Å². The van der Waals surface area contributed by atoms with Crippen molar-refractivity contribution in [3.63, 3.8) is 0 Å². The van der Waals surface area contributed by atoms with Crippen LogP contribution >= 0.6 is 0 Å². The van der Waals surface area contributed by atoms with Crippen molar-refractivity contribution in [1.82, 2.24) is 19.8 Å². The molecule has 0 unspecified atom stereocenters. The van der Waals surface area contributed by atoms with Gasteiger partial charge in [0.15, 0.2) is 0 Å². The molecule has 0 radical (unpaired) electrons. The summed E-state index contributed by atoms with van der Waals surface area (Å²) in [6, 6.07) is 5.18. The third-order valence-corrected chi connectivity index (χ3v) is 6.82. The Morgan fingerprint density at radius 3 is 2.81 bits per heavy atom. The molecule has 0 saturated carbocycles. The summed E-state index contributed by atoms with van der Waals surface area (Å²) in [5.41, 5.74) is 2.02. The van der Waals surface area contributed by atoms with Gasteiger partial charge < -0.3 is 15.1 Å². The SMILES string of the molecule is CCNC(=O)N1CCc2cc(S(=O)(=O)NC[C@@H]3CCCN(C)C3)ccc2C1. The van der Waals surface area contributed by atoms with Gasteiger partial charge in [0.25, 0.3) is 0 Å². The van der Waals surface area contributed by atoms with Crippen LogP contribution in [0.25, 0.3) is 0 Å². The number of piperidine rings is 1. The van der Waals surface area contributed by atoms with E-state index in [1.165, 1.54) is 0 Å². The number of urea groups is 1. The van der Waals surface area contributed by atoms with E-state index in [0.29, 0.717) is 43.4 Å². The molecule has 1 atom stereocenters. The van der Waals surface area contributed by atoms with E-state index in [0.717, 1.165) is 37.1 Å². The molecule has 2 N–H and O–H groups in total. The molecule has 0 aromatic heterocycles. The monoisotopic (exact) mass is 394 g/mol. The number of carbonyl (C=O) groups excluding carboxylic acids is 1. The zero-order valence-electron chi connectivity index (χ0n) is 16.2. The lowest BCUT2D eigenvalue weighted by Gasteiger charge is -2.30. The van der Waals surface area contributed by atoms with Gasteiger partial charge in [-0.15, -0.1) is 0 Å². The molecule has 3 rings (SSSR count). The van der Waals surface area contributed by atoms with Gasteiger partial charge in [0.05, 0.1) is 4.90 Å². The summed E-state index contributed by atoms with van der Waals surface area (Å²) in [5, 5.41) is 2.81. The van der Waals surface area contributed by atoms with Gasteiger partial charge in [0, 0.05) is 32.7 Å². The third kappa shape index (κ3) is 5.00. The molecule has 2 aliphatic heterocycles. The van der Waals surface area contributed by atoms with Gasteiger partial charge in [-0.1, -0.05) is 6.07 Å². The second-order valence-corrected chi connectivity index (χ2v) is 9.33. The molecule has 8 heteroatoms. The zero-order chi connectivity index (χ0) is 19.4. The molecule has 27 heavy (non-hydrogen) atoms. The Bertz CT molecular complexity index is 781. The number of fused-ring (bicyclic) bond motifs is 1. The maximum Gasteiger partial charge on any atom is 0.317 e. The first-order valence-electron chi connectivity index (χ1n) is 9.72. The van der Waals surface area contributed by atoms with E-state index in [1.54, 1.807) is 17.0 Å². The lowest BCUT2D eigenvalue weighted by atomic mass is 9.99. The number of nitrogens with zero attached hydrogens (tertiary/aromatic N) is 2. The lowest BCUT2D eigenvalue weighted by Crippen LogP contribution is -2.42. The summed E-state index contributed by atoms with van der Waals surface area (Å²) >= 11 is 0. The maximum atomic E-state index is 12.7. The molecule has 150 valence electrons. The van der Waals surface area contributed by atoms with Crippen LogP contribution in [-0.2, 0) is 23.0 Å². The van der Waals surface area contributed by atoms with Crippen LogP contribution < -0.4 is 10.0 Å². The van der Waals surface area contributed by atoms with E-state index < -0.39 is 10.0 Å². The lowest BCUT2D eigenvalue weighted by molar-refractivity contribution is 0.193. The largest absolute Gasteiger partial charge is 0.338 e. The summed E-state index contributed by atoms with van der Waals surface area (Å²) in [7, 11) is -1.43. The normalized spacial score (nSPS) is 21.0. The van der Waals surface area contributed by atoms with Crippen molar-refractivity contribution in [3.8, 4) is 0 Å². The second-order valence-electron chi connectivity index (χ2n) is 7.56. The highest BCUT2D eigenvalue weighted by Crippen LogP contribution is 2.23. The van der Waals surface area contributed by atoms with Crippen molar-refractivity contribution >= 4 is 16.1 Å². The minimum Gasteiger partial charge on any atom is -0.338 e. The van der Waals surface area contributed by atoms with E-state index in [4.69, 9.17) is 0 Å². The van der Waals surface area contributed by atoms with E-state index in [2.05, 4.69) is 22.0 Å². The Balaban J connectivity index is 1.65. The molecule has 0 bridgehead atoms. The van der Waals surface area contributed by atoms with Gasteiger partial charge in [-0.25, -0.2) is 17.9 Å². The van der Waals surface area contributed by atoms with Crippen LogP contribution in [0.1, 0.15) is 30.9 Å². The summed E-state index contributed by atoms with van der Waals surface area (Å²) in [5.74, 6) is 0.363. The first-order valence-corrected chi connectivity index (χ1v) is 11.2. The van der Waals surface area contributed by atoms with Crippen LogP contribution in [0.15, 0.2) is 23.1 Å². The molecule has 1 fully saturated rings. The molecule has 7 nitrogen and oxygen atoms in total. The number of hydrogen-bond donors (Lipinski definition) is 2. The van der Waals surface area contributed by atoms with Crippen molar-refractivity contribution in [2.24, 2.45) is 5.92 Å². The number of rotatable bonds is 5. The minimum absolute atomic E-state index is 0.0704.